The molecule has 3 heterocycles. The molecule has 0 saturated carbocycles. The van der Waals surface area contributed by atoms with E-state index >= 15 is 0 Å². The lowest BCUT2D eigenvalue weighted by atomic mass is 9.79. The van der Waals surface area contributed by atoms with Gasteiger partial charge in [-0.1, -0.05) is 35.5 Å². The van der Waals surface area contributed by atoms with E-state index in [0.717, 1.165) is 25.1 Å². The van der Waals surface area contributed by atoms with Gasteiger partial charge in [0.15, 0.2) is 5.82 Å². The Morgan fingerprint density at radius 2 is 2.05 bits per heavy atom. The third-order valence-electron chi connectivity index (χ3n) is 4.87. The molecule has 2 bridgehead atoms. The molecule has 2 aliphatic rings. The average molecular weight is 270 g/mol. The maximum absolute atomic E-state index is 6.47. The fraction of sp³-hybridized carbons (Fsp3) is 0.500. The molecule has 4 unspecified atom stereocenters. The fourth-order valence-corrected chi connectivity index (χ4v) is 3.87. The van der Waals surface area contributed by atoms with Crippen molar-refractivity contribution in [3.05, 3.63) is 41.7 Å². The number of benzene rings is 1. The molecule has 4 N–H and O–H groups in total. The molecule has 2 saturated heterocycles. The van der Waals surface area contributed by atoms with E-state index in [9.17, 15) is 0 Å². The molecule has 6 heteroatoms. The van der Waals surface area contributed by atoms with Crippen molar-refractivity contribution in [2.45, 2.75) is 42.8 Å². The Morgan fingerprint density at radius 3 is 2.80 bits per heavy atom. The minimum Gasteiger partial charge on any atom is -0.326 e. The van der Waals surface area contributed by atoms with Crippen LogP contribution in [0.2, 0.25) is 0 Å². The number of tetrazole rings is 1. The Hall–Kier alpha value is -1.79. The molecule has 2 fully saturated rings. The van der Waals surface area contributed by atoms with E-state index in [-0.39, 0.29) is 17.5 Å². The van der Waals surface area contributed by atoms with Crippen LogP contribution in [-0.2, 0) is 5.54 Å². The van der Waals surface area contributed by atoms with Gasteiger partial charge in [-0.2, -0.15) is 5.21 Å². The van der Waals surface area contributed by atoms with Crippen molar-refractivity contribution in [2.24, 2.45) is 5.73 Å². The molecular formula is C14H18N6. The maximum atomic E-state index is 6.47. The number of aromatic nitrogens is 4. The minimum absolute atomic E-state index is 0.123. The Morgan fingerprint density at radius 1 is 1.20 bits per heavy atom. The Labute approximate surface area is 117 Å². The highest BCUT2D eigenvalue weighted by Gasteiger charge is 2.53. The summed E-state index contributed by atoms with van der Waals surface area (Å²) in [6, 6.07) is 11.0. The number of nitrogens with two attached hydrogens (primary N) is 1. The number of hydrogen-bond acceptors (Lipinski definition) is 5. The number of piperidine rings is 1. The summed E-state index contributed by atoms with van der Waals surface area (Å²) in [4.78, 5) is 0. The summed E-state index contributed by atoms with van der Waals surface area (Å²) in [6.45, 7) is 0. The van der Waals surface area contributed by atoms with Crippen molar-refractivity contribution in [3.63, 3.8) is 0 Å². The number of H-pyrrole nitrogens is 1. The van der Waals surface area contributed by atoms with Crippen molar-refractivity contribution in [1.29, 1.82) is 0 Å². The van der Waals surface area contributed by atoms with Gasteiger partial charge in [0.2, 0.25) is 0 Å². The molecule has 4 atom stereocenters. The number of hydrogen-bond donors (Lipinski definition) is 3. The summed E-state index contributed by atoms with van der Waals surface area (Å²) in [6.07, 6.45) is 3.03. The van der Waals surface area contributed by atoms with Crippen molar-refractivity contribution < 1.29 is 0 Å². The summed E-state index contributed by atoms with van der Waals surface area (Å²) in [5.74, 6) is 1.08. The molecule has 20 heavy (non-hydrogen) atoms. The lowest BCUT2D eigenvalue weighted by molar-refractivity contribution is 0.238. The zero-order valence-corrected chi connectivity index (χ0v) is 11.2. The highest BCUT2D eigenvalue weighted by molar-refractivity contribution is 5.32. The van der Waals surface area contributed by atoms with Gasteiger partial charge in [0, 0.05) is 18.0 Å². The Kier molecular flexibility index (Phi) is 2.61. The highest BCUT2D eigenvalue weighted by atomic mass is 15.5. The van der Waals surface area contributed by atoms with Gasteiger partial charge in [0.25, 0.3) is 0 Å². The zero-order chi connectivity index (χ0) is 13.6. The first-order valence-corrected chi connectivity index (χ1v) is 7.12. The number of nitrogens with zero attached hydrogens (tertiary/aromatic N) is 3. The normalized spacial score (nSPS) is 36.1. The number of aromatic amines is 1. The first-order chi connectivity index (χ1) is 9.79. The molecule has 1 aromatic carbocycles. The lowest BCUT2D eigenvalue weighted by Crippen LogP contribution is -2.57. The maximum Gasteiger partial charge on any atom is 0.179 e. The summed E-state index contributed by atoms with van der Waals surface area (Å²) in [5, 5.41) is 18.4. The predicted octanol–water partition coefficient (Wildman–Crippen LogP) is 0.662. The monoisotopic (exact) mass is 270 g/mol. The Bertz CT molecular complexity index is 583. The van der Waals surface area contributed by atoms with Crippen molar-refractivity contribution in [1.82, 2.24) is 25.9 Å². The summed E-state index contributed by atoms with van der Waals surface area (Å²) >= 11 is 0. The third-order valence-corrected chi connectivity index (χ3v) is 4.87. The van der Waals surface area contributed by atoms with Gasteiger partial charge in [-0.15, -0.1) is 10.2 Å². The molecule has 104 valence electrons. The van der Waals surface area contributed by atoms with Gasteiger partial charge in [0.05, 0.1) is 5.54 Å². The van der Waals surface area contributed by atoms with Crippen LogP contribution in [0.4, 0.5) is 0 Å². The van der Waals surface area contributed by atoms with Gasteiger partial charge in [-0.25, -0.2) is 0 Å². The summed E-state index contributed by atoms with van der Waals surface area (Å²) < 4.78 is 0. The van der Waals surface area contributed by atoms with Crippen LogP contribution in [0, 0.1) is 0 Å². The Balaban J connectivity index is 1.75. The van der Waals surface area contributed by atoms with Gasteiger partial charge < -0.3 is 11.1 Å². The van der Waals surface area contributed by atoms with Crippen LogP contribution in [0.25, 0.3) is 0 Å². The van der Waals surface area contributed by atoms with E-state index in [2.05, 4.69) is 50.2 Å². The quantitative estimate of drug-likeness (QED) is 0.745. The van der Waals surface area contributed by atoms with E-state index in [1.54, 1.807) is 0 Å². The largest absolute Gasteiger partial charge is 0.326 e. The van der Waals surface area contributed by atoms with Gasteiger partial charge in [0.1, 0.15) is 0 Å². The van der Waals surface area contributed by atoms with Gasteiger partial charge >= 0.3 is 0 Å². The molecule has 4 rings (SSSR count). The summed E-state index contributed by atoms with van der Waals surface area (Å²) in [7, 11) is 0. The first-order valence-electron chi connectivity index (χ1n) is 7.12. The highest BCUT2D eigenvalue weighted by Crippen LogP contribution is 2.48. The molecule has 2 aliphatic heterocycles. The molecule has 0 spiro atoms. The summed E-state index contributed by atoms with van der Waals surface area (Å²) in [5.41, 5.74) is 7.58. The number of fused-ring (bicyclic) bond motifs is 2. The van der Waals surface area contributed by atoms with Crippen LogP contribution in [-0.4, -0.2) is 32.7 Å². The number of nitrogens with one attached hydrogen (secondary N) is 2. The van der Waals surface area contributed by atoms with Gasteiger partial charge in [-0.05, 0) is 24.8 Å². The molecule has 1 aromatic heterocycles. The molecule has 6 nitrogen and oxygen atoms in total. The SMILES string of the molecule is NC1CCC2NC1(c1ccccc1)CC2c1nn[nH]n1. The van der Waals surface area contributed by atoms with Crippen LogP contribution in [0.15, 0.2) is 30.3 Å². The van der Waals surface area contributed by atoms with E-state index in [0.29, 0.717) is 6.04 Å². The number of rotatable bonds is 2. The smallest absolute Gasteiger partial charge is 0.179 e. The predicted molar refractivity (Wildman–Crippen MR) is 73.8 cm³/mol. The van der Waals surface area contributed by atoms with Crippen LogP contribution in [0.3, 0.4) is 0 Å². The fourth-order valence-electron chi connectivity index (χ4n) is 3.87. The first kappa shape index (κ1) is 12.0. The van der Waals surface area contributed by atoms with E-state index in [1.807, 2.05) is 6.07 Å². The second-order valence-electron chi connectivity index (χ2n) is 5.85. The standard InChI is InChI=1S/C14H18N6/c15-12-7-6-11-10(13-17-19-20-18-13)8-14(12,16-11)9-4-2-1-3-5-9/h1-5,10-12,16H,6-8,15H2,(H,17,18,19,20). The molecule has 0 aliphatic carbocycles. The van der Waals surface area contributed by atoms with Crippen LogP contribution in [0.5, 0.6) is 0 Å². The zero-order valence-electron chi connectivity index (χ0n) is 11.2. The second-order valence-corrected chi connectivity index (χ2v) is 5.85. The minimum atomic E-state index is -0.157. The van der Waals surface area contributed by atoms with Crippen LogP contribution >= 0.6 is 0 Å². The van der Waals surface area contributed by atoms with Crippen molar-refractivity contribution >= 4 is 0 Å². The third kappa shape index (κ3) is 1.61. The van der Waals surface area contributed by atoms with E-state index < -0.39 is 0 Å². The molecule has 0 amide bonds. The molecule has 0 radical (unpaired) electrons. The van der Waals surface area contributed by atoms with Crippen LogP contribution < -0.4 is 11.1 Å². The molecular weight excluding hydrogens is 252 g/mol. The lowest BCUT2D eigenvalue weighted by Gasteiger charge is -2.40. The topological polar surface area (TPSA) is 92.5 Å². The van der Waals surface area contributed by atoms with Crippen molar-refractivity contribution in [2.75, 3.05) is 0 Å². The van der Waals surface area contributed by atoms with Gasteiger partial charge in [-0.3, -0.25) is 0 Å². The van der Waals surface area contributed by atoms with E-state index in [1.165, 1.54) is 5.56 Å². The van der Waals surface area contributed by atoms with Crippen LogP contribution in [0.1, 0.15) is 36.6 Å². The van der Waals surface area contributed by atoms with Crippen molar-refractivity contribution in [3.8, 4) is 0 Å². The average Bonchev–Trinajstić information content (AvgIpc) is 3.11. The second kappa shape index (κ2) is 4.36. The molecule has 2 aromatic rings. The van der Waals surface area contributed by atoms with E-state index in [4.69, 9.17) is 5.73 Å².